The number of sulfonamides is 2. The second-order valence-electron chi connectivity index (χ2n) is 4.49. The van der Waals surface area contributed by atoms with Crippen molar-refractivity contribution in [3.05, 3.63) is 35.6 Å². The molecule has 0 aliphatic carbocycles. The minimum atomic E-state index is -3.57. The van der Waals surface area contributed by atoms with Gasteiger partial charge in [0.25, 0.3) is 0 Å². The molecule has 0 saturated heterocycles. The summed E-state index contributed by atoms with van der Waals surface area (Å²) in [7, 11) is -6.96. The monoisotopic (exact) mass is 338 g/mol. The highest BCUT2D eigenvalue weighted by atomic mass is 32.2. The number of halogens is 1. The Morgan fingerprint density at radius 3 is 2.33 bits per heavy atom. The smallest absolute Gasteiger partial charge is 0.211 e. The van der Waals surface area contributed by atoms with Crippen LogP contribution >= 0.6 is 0 Å². The van der Waals surface area contributed by atoms with Crippen LogP contribution in [0.15, 0.2) is 24.3 Å². The first-order valence-corrected chi connectivity index (χ1v) is 9.81. The Hall–Kier alpha value is -1.03. The van der Waals surface area contributed by atoms with Gasteiger partial charge in [-0.05, 0) is 13.0 Å². The number of nitrogens with zero attached hydrogens (tertiary/aromatic N) is 1. The molecule has 120 valence electrons. The maximum absolute atomic E-state index is 13.6. The summed E-state index contributed by atoms with van der Waals surface area (Å²) in [6.45, 7) is 1.22. The summed E-state index contributed by atoms with van der Waals surface area (Å²) in [5.74, 6) is -0.584. The quantitative estimate of drug-likeness (QED) is 0.749. The molecule has 0 bridgehead atoms. The summed E-state index contributed by atoms with van der Waals surface area (Å²) in [6.07, 6.45) is 1.00. The number of rotatable bonds is 8. The molecule has 0 amide bonds. The molecule has 0 radical (unpaired) electrons. The van der Waals surface area contributed by atoms with E-state index >= 15 is 0 Å². The standard InChI is InChI=1S/C12H19FN2O4S2/c1-3-21(18,19)14-8-9-15(20(2,16)17)10-11-6-4-5-7-12(11)13/h4-7,14H,3,8-10H2,1-2H3. The predicted molar refractivity (Wildman–Crippen MR) is 79.1 cm³/mol. The lowest BCUT2D eigenvalue weighted by molar-refractivity contribution is 0.405. The maximum Gasteiger partial charge on any atom is 0.211 e. The Labute approximate surface area is 125 Å². The summed E-state index contributed by atoms with van der Waals surface area (Å²) in [6, 6.07) is 5.86. The van der Waals surface area contributed by atoms with E-state index in [1.54, 1.807) is 6.07 Å². The molecule has 9 heteroatoms. The van der Waals surface area contributed by atoms with Crippen LogP contribution < -0.4 is 4.72 Å². The highest BCUT2D eigenvalue weighted by molar-refractivity contribution is 7.89. The summed E-state index contributed by atoms with van der Waals surface area (Å²) in [5.41, 5.74) is 0.237. The van der Waals surface area contributed by atoms with Gasteiger partial charge < -0.3 is 0 Å². The first-order chi connectivity index (χ1) is 9.65. The molecule has 1 N–H and O–H groups in total. The van der Waals surface area contributed by atoms with Crippen LogP contribution in [0.2, 0.25) is 0 Å². The third-order valence-corrected chi connectivity index (χ3v) is 5.49. The Morgan fingerprint density at radius 2 is 1.81 bits per heavy atom. The van der Waals surface area contributed by atoms with E-state index < -0.39 is 25.9 Å². The third kappa shape index (κ3) is 6.08. The second-order valence-corrected chi connectivity index (χ2v) is 8.56. The molecule has 0 heterocycles. The van der Waals surface area contributed by atoms with Crippen LogP contribution in [0.25, 0.3) is 0 Å². The molecular weight excluding hydrogens is 319 g/mol. The number of nitrogens with one attached hydrogen (secondary N) is 1. The zero-order chi connectivity index (χ0) is 16.1. The van der Waals surface area contributed by atoms with E-state index in [2.05, 4.69) is 4.72 Å². The fourth-order valence-electron chi connectivity index (χ4n) is 1.61. The fourth-order valence-corrected chi connectivity index (χ4v) is 3.01. The highest BCUT2D eigenvalue weighted by Gasteiger charge is 2.19. The van der Waals surface area contributed by atoms with Crippen LogP contribution in [0.3, 0.4) is 0 Å². The lowest BCUT2D eigenvalue weighted by Crippen LogP contribution is -2.38. The number of hydrogen-bond donors (Lipinski definition) is 1. The van der Waals surface area contributed by atoms with Gasteiger partial charge in [0.1, 0.15) is 5.82 Å². The van der Waals surface area contributed by atoms with Crippen molar-refractivity contribution in [2.75, 3.05) is 25.1 Å². The van der Waals surface area contributed by atoms with E-state index in [1.807, 2.05) is 0 Å². The number of hydrogen-bond acceptors (Lipinski definition) is 4. The molecule has 0 aromatic heterocycles. The van der Waals surface area contributed by atoms with Gasteiger partial charge in [-0.3, -0.25) is 0 Å². The van der Waals surface area contributed by atoms with E-state index in [1.165, 1.54) is 25.1 Å². The summed E-state index contributed by atoms with van der Waals surface area (Å²) < 4.78 is 62.9. The Morgan fingerprint density at radius 1 is 1.19 bits per heavy atom. The topological polar surface area (TPSA) is 83.6 Å². The van der Waals surface area contributed by atoms with Gasteiger partial charge in [0.15, 0.2) is 0 Å². The molecule has 0 unspecified atom stereocenters. The van der Waals surface area contributed by atoms with Crippen LogP contribution in [0, 0.1) is 5.82 Å². The molecule has 1 aromatic carbocycles. The minimum Gasteiger partial charge on any atom is -0.214 e. The summed E-state index contributed by atoms with van der Waals surface area (Å²) in [4.78, 5) is 0. The average molecular weight is 338 g/mol. The van der Waals surface area contributed by atoms with Crippen LogP contribution in [0.1, 0.15) is 12.5 Å². The van der Waals surface area contributed by atoms with Crippen LogP contribution in [-0.2, 0) is 26.6 Å². The first-order valence-electron chi connectivity index (χ1n) is 6.31. The van der Waals surface area contributed by atoms with Gasteiger partial charge in [0.2, 0.25) is 20.0 Å². The van der Waals surface area contributed by atoms with Crippen molar-refractivity contribution in [1.82, 2.24) is 9.03 Å². The lowest BCUT2D eigenvalue weighted by atomic mass is 10.2. The molecule has 1 rings (SSSR count). The molecule has 0 aliphatic heterocycles. The molecule has 21 heavy (non-hydrogen) atoms. The van der Waals surface area contributed by atoms with Gasteiger partial charge in [-0.2, -0.15) is 4.31 Å². The van der Waals surface area contributed by atoms with Crippen molar-refractivity contribution >= 4 is 20.0 Å². The van der Waals surface area contributed by atoms with Gasteiger partial charge in [0, 0.05) is 25.2 Å². The largest absolute Gasteiger partial charge is 0.214 e. The molecule has 1 aromatic rings. The van der Waals surface area contributed by atoms with Crippen molar-refractivity contribution in [2.45, 2.75) is 13.5 Å². The molecule has 0 atom stereocenters. The maximum atomic E-state index is 13.6. The van der Waals surface area contributed by atoms with Crippen molar-refractivity contribution in [2.24, 2.45) is 0 Å². The van der Waals surface area contributed by atoms with E-state index in [4.69, 9.17) is 0 Å². The first kappa shape index (κ1) is 18.0. The zero-order valence-corrected chi connectivity index (χ0v) is 13.5. The predicted octanol–water partition coefficient (Wildman–Crippen LogP) is 0.527. The Balaban J connectivity index is 2.77. The SMILES string of the molecule is CCS(=O)(=O)NCCN(Cc1ccccc1F)S(C)(=O)=O. The van der Waals surface area contributed by atoms with Gasteiger partial charge in [0.05, 0.1) is 12.0 Å². The average Bonchev–Trinajstić information content (AvgIpc) is 2.38. The van der Waals surface area contributed by atoms with Gasteiger partial charge in [-0.15, -0.1) is 0 Å². The van der Waals surface area contributed by atoms with Crippen LogP contribution in [0.4, 0.5) is 4.39 Å². The normalized spacial score (nSPS) is 12.8. The zero-order valence-electron chi connectivity index (χ0n) is 11.9. The van der Waals surface area contributed by atoms with Crippen LogP contribution in [-0.4, -0.2) is 46.2 Å². The van der Waals surface area contributed by atoms with E-state index in [-0.39, 0.29) is 31.0 Å². The van der Waals surface area contributed by atoms with Crippen molar-refractivity contribution in [3.63, 3.8) is 0 Å². The molecule has 0 spiro atoms. The lowest BCUT2D eigenvalue weighted by Gasteiger charge is -2.20. The van der Waals surface area contributed by atoms with Crippen molar-refractivity contribution in [3.8, 4) is 0 Å². The fraction of sp³-hybridized carbons (Fsp3) is 0.500. The van der Waals surface area contributed by atoms with E-state index in [0.717, 1.165) is 10.6 Å². The molecule has 0 saturated carbocycles. The van der Waals surface area contributed by atoms with Gasteiger partial charge >= 0.3 is 0 Å². The number of benzene rings is 1. The Kier molecular flexibility index (Phi) is 6.26. The van der Waals surface area contributed by atoms with Gasteiger partial charge in [-0.25, -0.2) is 25.9 Å². The highest BCUT2D eigenvalue weighted by Crippen LogP contribution is 2.11. The molecular formula is C12H19FN2O4S2. The van der Waals surface area contributed by atoms with Crippen molar-refractivity contribution < 1.29 is 21.2 Å². The van der Waals surface area contributed by atoms with Crippen molar-refractivity contribution in [1.29, 1.82) is 0 Å². The molecule has 0 aliphatic rings. The van der Waals surface area contributed by atoms with Gasteiger partial charge in [-0.1, -0.05) is 18.2 Å². The third-order valence-electron chi connectivity index (χ3n) is 2.84. The van der Waals surface area contributed by atoms with E-state index in [0.29, 0.717) is 0 Å². The summed E-state index contributed by atoms with van der Waals surface area (Å²) in [5, 5.41) is 0. The Bertz CT molecular complexity index is 674. The summed E-state index contributed by atoms with van der Waals surface area (Å²) >= 11 is 0. The minimum absolute atomic E-state index is 0.0578. The second kappa shape index (κ2) is 7.30. The van der Waals surface area contributed by atoms with E-state index in [9.17, 15) is 21.2 Å². The molecule has 6 nitrogen and oxygen atoms in total. The molecule has 0 fully saturated rings. The van der Waals surface area contributed by atoms with Crippen LogP contribution in [0.5, 0.6) is 0 Å².